The molecular formula is C21H21N7O2. The quantitative estimate of drug-likeness (QED) is 0.544. The zero-order chi connectivity index (χ0) is 20.3. The van der Waals surface area contributed by atoms with Crippen LogP contribution in [0.1, 0.15) is 0 Å². The predicted molar refractivity (Wildman–Crippen MR) is 113 cm³/mol. The number of anilines is 3. The largest absolute Gasteiger partial charge is 0.481 e. The van der Waals surface area contributed by atoms with Crippen LogP contribution >= 0.6 is 0 Å². The molecule has 0 atom stereocenters. The van der Waals surface area contributed by atoms with Gasteiger partial charge in [0.25, 0.3) is 0 Å². The molecule has 0 saturated carbocycles. The van der Waals surface area contributed by atoms with Crippen molar-refractivity contribution in [1.82, 2.24) is 24.6 Å². The van der Waals surface area contributed by atoms with E-state index in [9.17, 15) is 0 Å². The molecule has 0 unspecified atom stereocenters. The highest BCUT2D eigenvalue weighted by molar-refractivity contribution is 5.75. The topological polar surface area (TPSA) is 89.7 Å². The summed E-state index contributed by atoms with van der Waals surface area (Å²) in [5.74, 6) is 2.62. The smallest absolute Gasteiger partial charge is 0.213 e. The van der Waals surface area contributed by atoms with E-state index in [0.29, 0.717) is 36.4 Å². The standard InChI is InChI=1S/C21H21N7O2/c1-29-19-6-2-4-16(24-19)20-25-21(17-5-3-9-28(17)26-20)23-15-7-8-22-18(14-15)27-10-12-30-13-11-27/h2-9,14H,10-13H2,1H3,(H,22,23,25,26). The molecule has 0 spiro atoms. The van der Waals surface area contributed by atoms with E-state index < -0.39 is 0 Å². The number of nitrogens with one attached hydrogen (secondary N) is 1. The van der Waals surface area contributed by atoms with E-state index in [1.165, 1.54) is 0 Å². The molecule has 1 fully saturated rings. The van der Waals surface area contributed by atoms with E-state index in [1.54, 1.807) is 23.9 Å². The number of hydrogen-bond donors (Lipinski definition) is 1. The van der Waals surface area contributed by atoms with Gasteiger partial charge in [0.2, 0.25) is 11.7 Å². The minimum atomic E-state index is 0.502. The van der Waals surface area contributed by atoms with Crippen LogP contribution in [-0.2, 0) is 4.74 Å². The highest BCUT2D eigenvalue weighted by Crippen LogP contribution is 2.25. The number of rotatable bonds is 5. The Kier molecular flexibility index (Phi) is 4.86. The Bertz CT molecular complexity index is 1170. The molecular weight excluding hydrogens is 382 g/mol. The van der Waals surface area contributed by atoms with Gasteiger partial charge in [-0.25, -0.2) is 19.5 Å². The molecule has 0 aliphatic carbocycles. The Morgan fingerprint density at radius 3 is 2.83 bits per heavy atom. The number of fused-ring (bicyclic) bond motifs is 1. The molecule has 152 valence electrons. The van der Waals surface area contributed by atoms with Gasteiger partial charge in [0.1, 0.15) is 17.0 Å². The summed E-state index contributed by atoms with van der Waals surface area (Å²) >= 11 is 0. The average Bonchev–Trinajstić information content (AvgIpc) is 3.29. The van der Waals surface area contributed by atoms with Crippen molar-refractivity contribution in [2.75, 3.05) is 43.6 Å². The van der Waals surface area contributed by atoms with Gasteiger partial charge in [-0.15, -0.1) is 5.10 Å². The fourth-order valence-corrected chi connectivity index (χ4v) is 3.39. The molecule has 0 aromatic carbocycles. The van der Waals surface area contributed by atoms with Crippen LogP contribution in [0.4, 0.5) is 17.3 Å². The van der Waals surface area contributed by atoms with E-state index in [4.69, 9.17) is 14.5 Å². The lowest BCUT2D eigenvalue weighted by atomic mass is 10.3. The van der Waals surface area contributed by atoms with Crippen LogP contribution < -0.4 is 15.0 Å². The number of aromatic nitrogens is 5. The van der Waals surface area contributed by atoms with Crippen molar-refractivity contribution in [2.24, 2.45) is 0 Å². The SMILES string of the molecule is COc1cccc(-c2nc(Nc3ccnc(N4CCOCC4)c3)c3cccn3n2)n1. The van der Waals surface area contributed by atoms with Crippen molar-refractivity contribution in [2.45, 2.75) is 0 Å². The van der Waals surface area contributed by atoms with Gasteiger partial charge in [-0.3, -0.25) is 0 Å². The first-order valence-corrected chi connectivity index (χ1v) is 9.73. The predicted octanol–water partition coefficient (Wildman–Crippen LogP) is 2.78. The van der Waals surface area contributed by atoms with Gasteiger partial charge in [-0.05, 0) is 24.3 Å². The Hall–Kier alpha value is -3.72. The Morgan fingerprint density at radius 2 is 1.97 bits per heavy atom. The molecule has 30 heavy (non-hydrogen) atoms. The summed E-state index contributed by atoms with van der Waals surface area (Å²) in [7, 11) is 1.59. The normalized spacial score (nSPS) is 14.1. The molecule has 1 saturated heterocycles. The van der Waals surface area contributed by atoms with Crippen molar-refractivity contribution >= 4 is 22.8 Å². The third-order valence-corrected chi connectivity index (χ3v) is 4.90. The lowest BCUT2D eigenvalue weighted by Crippen LogP contribution is -2.36. The van der Waals surface area contributed by atoms with Gasteiger partial charge in [0.05, 0.1) is 20.3 Å². The molecule has 9 heteroatoms. The van der Waals surface area contributed by atoms with Crippen LogP contribution in [0.3, 0.4) is 0 Å². The van der Waals surface area contributed by atoms with E-state index >= 15 is 0 Å². The molecule has 4 aromatic heterocycles. The molecule has 9 nitrogen and oxygen atoms in total. The second-order valence-electron chi connectivity index (χ2n) is 6.81. The third-order valence-electron chi connectivity index (χ3n) is 4.90. The van der Waals surface area contributed by atoms with Gasteiger partial charge >= 0.3 is 0 Å². The van der Waals surface area contributed by atoms with Crippen LogP contribution in [0.5, 0.6) is 5.88 Å². The number of methoxy groups -OCH3 is 1. The fraction of sp³-hybridized carbons (Fsp3) is 0.238. The fourth-order valence-electron chi connectivity index (χ4n) is 3.39. The summed E-state index contributed by atoms with van der Waals surface area (Å²) in [6.45, 7) is 3.09. The maximum absolute atomic E-state index is 5.44. The van der Waals surface area contributed by atoms with Crippen molar-refractivity contribution in [1.29, 1.82) is 0 Å². The molecule has 4 aromatic rings. The molecule has 0 bridgehead atoms. The average molecular weight is 403 g/mol. The highest BCUT2D eigenvalue weighted by atomic mass is 16.5. The lowest BCUT2D eigenvalue weighted by molar-refractivity contribution is 0.122. The lowest BCUT2D eigenvalue weighted by Gasteiger charge is -2.28. The van der Waals surface area contributed by atoms with Crippen LogP contribution in [0.25, 0.3) is 17.0 Å². The van der Waals surface area contributed by atoms with Crippen LogP contribution in [0, 0.1) is 0 Å². The first-order valence-electron chi connectivity index (χ1n) is 9.73. The zero-order valence-electron chi connectivity index (χ0n) is 16.5. The number of nitrogens with zero attached hydrogens (tertiary/aromatic N) is 6. The number of hydrogen-bond acceptors (Lipinski definition) is 8. The van der Waals surface area contributed by atoms with Crippen LogP contribution in [0.2, 0.25) is 0 Å². The monoisotopic (exact) mass is 403 g/mol. The molecule has 5 rings (SSSR count). The molecule has 1 aliphatic rings. The van der Waals surface area contributed by atoms with Gasteiger partial charge in [-0.2, -0.15) is 0 Å². The van der Waals surface area contributed by atoms with E-state index in [-0.39, 0.29) is 0 Å². The highest BCUT2D eigenvalue weighted by Gasteiger charge is 2.15. The summed E-state index contributed by atoms with van der Waals surface area (Å²) in [6, 6.07) is 13.4. The minimum Gasteiger partial charge on any atom is -0.481 e. The first kappa shape index (κ1) is 18.3. The summed E-state index contributed by atoms with van der Waals surface area (Å²) in [4.78, 5) is 15.9. The zero-order valence-corrected chi connectivity index (χ0v) is 16.5. The van der Waals surface area contributed by atoms with Crippen LogP contribution in [-0.4, -0.2) is 58.0 Å². The molecule has 1 aliphatic heterocycles. The molecule has 0 amide bonds. The van der Waals surface area contributed by atoms with E-state index in [1.807, 2.05) is 42.6 Å². The maximum Gasteiger partial charge on any atom is 0.213 e. The number of pyridine rings is 2. The Morgan fingerprint density at radius 1 is 1.07 bits per heavy atom. The molecule has 1 N–H and O–H groups in total. The van der Waals surface area contributed by atoms with Crippen molar-refractivity contribution in [3.8, 4) is 17.4 Å². The summed E-state index contributed by atoms with van der Waals surface area (Å²) < 4.78 is 12.5. The summed E-state index contributed by atoms with van der Waals surface area (Å²) in [6.07, 6.45) is 3.69. The first-order chi connectivity index (χ1) is 14.8. The van der Waals surface area contributed by atoms with Crippen LogP contribution in [0.15, 0.2) is 54.9 Å². The van der Waals surface area contributed by atoms with Gasteiger partial charge in [0.15, 0.2) is 5.82 Å². The van der Waals surface area contributed by atoms with E-state index in [2.05, 4.69) is 25.3 Å². The maximum atomic E-state index is 5.44. The second kappa shape index (κ2) is 7.96. The minimum absolute atomic E-state index is 0.502. The summed E-state index contributed by atoms with van der Waals surface area (Å²) in [5.41, 5.74) is 2.40. The summed E-state index contributed by atoms with van der Waals surface area (Å²) in [5, 5.41) is 8.01. The van der Waals surface area contributed by atoms with Gasteiger partial charge < -0.3 is 19.7 Å². The van der Waals surface area contributed by atoms with Gasteiger partial charge in [-0.1, -0.05) is 6.07 Å². The van der Waals surface area contributed by atoms with Crippen molar-refractivity contribution in [3.05, 3.63) is 54.9 Å². The molecule has 5 heterocycles. The Labute approximate surface area is 173 Å². The second-order valence-corrected chi connectivity index (χ2v) is 6.81. The van der Waals surface area contributed by atoms with Crippen molar-refractivity contribution in [3.63, 3.8) is 0 Å². The number of ether oxygens (including phenoxy) is 2. The Balaban J connectivity index is 1.50. The van der Waals surface area contributed by atoms with Gasteiger partial charge in [0, 0.05) is 43.3 Å². The molecule has 0 radical (unpaired) electrons. The van der Waals surface area contributed by atoms with E-state index in [0.717, 1.165) is 30.1 Å². The number of morpholine rings is 1. The van der Waals surface area contributed by atoms with Crippen molar-refractivity contribution < 1.29 is 9.47 Å². The third kappa shape index (κ3) is 3.62.